The normalized spacial score (nSPS) is 10.7. The molecule has 2 nitrogen and oxygen atoms in total. The van der Waals surface area contributed by atoms with Crippen molar-refractivity contribution >= 4 is 12.0 Å². The van der Waals surface area contributed by atoms with Crippen LogP contribution in [0.15, 0.2) is 66.7 Å². The van der Waals surface area contributed by atoms with Gasteiger partial charge in [-0.1, -0.05) is 60.7 Å². The minimum Gasteiger partial charge on any atom is -0.342 e. The van der Waals surface area contributed by atoms with Crippen LogP contribution in [0.4, 0.5) is 0 Å². The Morgan fingerprint density at radius 3 is 2.25 bits per heavy atom. The fourth-order valence-corrected chi connectivity index (χ4v) is 1.91. The lowest BCUT2D eigenvalue weighted by Gasteiger charge is -2.14. The number of hydrogen-bond donors (Lipinski definition) is 0. The monoisotopic (exact) mass is 265 g/mol. The van der Waals surface area contributed by atoms with Gasteiger partial charge < -0.3 is 4.90 Å². The summed E-state index contributed by atoms with van der Waals surface area (Å²) in [6, 6.07) is 20.1. The van der Waals surface area contributed by atoms with Gasteiger partial charge in [-0.3, -0.25) is 4.79 Å². The topological polar surface area (TPSA) is 20.3 Å². The minimum absolute atomic E-state index is 0.0322. The second-order valence-electron chi connectivity index (χ2n) is 4.74. The van der Waals surface area contributed by atoms with Crippen molar-refractivity contribution in [2.75, 3.05) is 13.6 Å². The average Bonchev–Trinajstić information content (AvgIpc) is 2.52. The Labute approximate surface area is 120 Å². The molecule has 0 fully saturated rings. The zero-order chi connectivity index (χ0) is 14.2. The molecule has 0 atom stereocenters. The summed E-state index contributed by atoms with van der Waals surface area (Å²) in [5.41, 5.74) is 2.29. The highest BCUT2D eigenvalue weighted by Gasteiger charge is 2.04. The van der Waals surface area contributed by atoms with Gasteiger partial charge in [0.15, 0.2) is 0 Å². The number of benzene rings is 2. The van der Waals surface area contributed by atoms with E-state index in [0.29, 0.717) is 0 Å². The second kappa shape index (κ2) is 7.29. The van der Waals surface area contributed by atoms with Gasteiger partial charge in [0, 0.05) is 19.7 Å². The number of carbonyl (C=O) groups is 1. The highest BCUT2D eigenvalue weighted by molar-refractivity contribution is 5.91. The zero-order valence-electron chi connectivity index (χ0n) is 11.7. The van der Waals surface area contributed by atoms with Crippen LogP contribution in [-0.2, 0) is 11.2 Å². The molecule has 0 aliphatic rings. The van der Waals surface area contributed by atoms with Crippen LogP contribution in [0.1, 0.15) is 11.1 Å². The third-order valence-electron chi connectivity index (χ3n) is 3.17. The van der Waals surface area contributed by atoms with Gasteiger partial charge in [-0.05, 0) is 23.6 Å². The summed E-state index contributed by atoms with van der Waals surface area (Å²) in [4.78, 5) is 13.7. The van der Waals surface area contributed by atoms with Crippen LogP contribution in [0.3, 0.4) is 0 Å². The van der Waals surface area contributed by atoms with E-state index in [9.17, 15) is 4.79 Å². The fourth-order valence-electron chi connectivity index (χ4n) is 1.91. The van der Waals surface area contributed by atoms with Crippen LogP contribution in [0, 0.1) is 0 Å². The Balaban J connectivity index is 1.85. The van der Waals surface area contributed by atoms with E-state index in [1.165, 1.54) is 5.56 Å². The Bertz CT molecular complexity index is 560. The van der Waals surface area contributed by atoms with Crippen molar-refractivity contribution in [1.29, 1.82) is 0 Å². The third kappa shape index (κ3) is 4.39. The van der Waals surface area contributed by atoms with Crippen LogP contribution < -0.4 is 0 Å². The number of amides is 1. The van der Waals surface area contributed by atoms with Gasteiger partial charge in [0.05, 0.1) is 0 Å². The Kier molecular flexibility index (Phi) is 5.13. The van der Waals surface area contributed by atoms with Gasteiger partial charge in [-0.15, -0.1) is 0 Å². The Hall–Kier alpha value is -2.35. The molecule has 0 spiro atoms. The van der Waals surface area contributed by atoms with Crippen molar-refractivity contribution in [3.05, 3.63) is 77.9 Å². The summed E-state index contributed by atoms with van der Waals surface area (Å²) in [6.45, 7) is 0.724. The molecule has 0 aliphatic heterocycles. The van der Waals surface area contributed by atoms with Crippen molar-refractivity contribution in [2.24, 2.45) is 0 Å². The molecule has 2 aromatic rings. The molecule has 0 aliphatic carbocycles. The summed E-state index contributed by atoms with van der Waals surface area (Å²) in [7, 11) is 1.83. The van der Waals surface area contributed by atoms with Crippen LogP contribution in [-0.4, -0.2) is 24.4 Å². The standard InChI is InChI=1S/C18H19NO/c1-19(15-14-17-10-6-3-7-11-17)18(20)13-12-16-8-4-2-5-9-16/h2-13H,14-15H2,1H3/b13-12+. The van der Waals surface area contributed by atoms with Crippen LogP contribution in [0.2, 0.25) is 0 Å². The lowest BCUT2D eigenvalue weighted by Crippen LogP contribution is -2.27. The number of carbonyl (C=O) groups excluding carboxylic acids is 1. The van der Waals surface area contributed by atoms with Crippen molar-refractivity contribution < 1.29 is 4.79 Å². The maximum atomic E-state index is 12.0. The molecule has 0 unspecified atom stereocenters. The van der Waals surface area contributed by atoms with Crippen LogP contribution >= 0.6 is 0 Å². The first kappa shape index (κ1) is 14.1. The number of hydrogen-bond acceptors (Lipinski definition) is 1. The molecule has 0 heterocycles. The lowest BCUT2D eigenvalue weighted by atomic mass is 10.1. The first-order valence-electron chi connectivity index (χ1n) is 6.78. The summed E-state index contributed by atoms with van der Waals surface area (Å²) in [5, 5.41) is 0. The molecule has 0 bridgehead atoms. The maximum Gasteiger partial charge on any atom is 0.246 e. The molecule has 0 N–H and O–H groups in total. The Morgan fingerprint density at radius 2 is 1.60 bits per heavy atom. The van der Waals surface area contributed by atoms with Gasteiger partial charge in [0.25, 0.3) is 0 Å². The molecule has 0 saturated heterocycles. The Morgan fingerprint density at radius 1 is 1.00 bits per heavy atom. The number of likely N-dealkylation sites (N-methyl/N-ethyl adjacent to an activating group) is 1. The highest BCUT2D eigenvalue weighted by Crippen LogP contribution is 2.03. The molecule has 2 aromatic carbocycles. The SMILES string of the molecule is CN(CCc1ccccc1)C(=O)/C=C/c1ccccc1. The van der Waals surface area contributed by atoms with Crippen molar-refractivity contribution in [1.82, 2.24) is 4.90 Å². The van der Waals surface area contributed by atoms with E-state index in [-0.39, 0.29) is 5.91 Å². The van der Waals surface area contributed by atoms with Crippen molar-refractivity contribution in [3.8, 4) is 0 Å². The maximum absolute atomic E-state index is 12.0. The van der Waals surface area contributed by atoms with E-state index in [0.717, 1.165) is 18.5 Å². The van der Waals surface area contributed by atoms with Gasteiger partial charge in [0.1, 0.15) is 0 Å². The predicted octanol–water partition coefficient (Wildman–Crippen LogP) is 3.40. The molecule has 2 rings (SSSR count). The largest absolute Gasteiger partial charge is 0.342 e. The number of rotatable bonds is 5. The zero-order valence-corrected chi connectivity index (χ0v) is 11.7. The number of nitrogens with zero attached hydrogens (tertiary/aromatic N) is 1. The van der Waals surface area contributed by atoms with E-state index >= 15 is 0 Å². The quantitative estimate of drug-likeness (QED) is 0.759. The first-order chi connectivity index (χ1) is 9.75. The molecule has 20 heavy (non-hydrogen) atoms. The molecule has 0 saturated carbocycles. The van der Waals surface area contributed by atoms with Crippen molar-refractivity contribution in [2.45, 2.75) is 6.42 Å². The minimum atomic E-state index is 0.0322. The molecule has 0 aromatic heterocycles. The lowest BCUT2D eigenvalue weighted by molar-refractivity contribution is -0.124. The van der Waals surface area contributed by atoms with E-state index in [1.807, 2.05) is 61.7 Å². The highest BCUT2D eigenvalue weighted by atomic mass is 16.2. The second-order valence-corrected chi connectivity index (χ2v) is 4.74. The van der Waals surface area contributed by atoms with E-state index < -0.39 is 0 Å². The molecular formula is C18H19NO. The average molecular weight is 265 g/mol. The molecule has 2 heteroatoms. The van der Waals surface area contributed by atoms with Crippen LogP contribution in [0.25, 0.3) is 6.08 Å². The van der Waals surface area contributed by atoms with Crippen molar-refractivity contribution in [3.63, 3.8) is 0 Å². The van der Waals surface area contributed by atoms with Gasteiger partial charge in [0.2, 0.25) is 5.91 Å². The van der Waals surface area contributed by atoms with E-state index in [2.05, 4.69) is 12.1 Å². The summed E-state index contributed by atoms with van der Waals surface area (Å²) >= 11 is 0. The van der Waals surface area contributed by atoms with E-state index in [4.69, 9.17) is 0 Å². The summed E-state index contributed by atoms with van der Waals surface area (Å²) in [5.74, 6) is 0.0322. The first-order valence-corrected chi connectivity index (χ1v) is 6.78. The molecule has 0 radical (unpaired) electrons. The van der Waals surface area contributed by atoms with Gasteiger partial charge >= 0.3 is 0 Å². The third-order valence-corrected chi connectivity index (χ3v) is 3.17. The summed E-state index contributed by atoms with van der Waals surface area (Å²) in [6.07, 6.45) is 4.35. The summed E-state index contributed by atoms with van der Waals surface area (Å²) < 4.78 is 0. The predicted molar refractivity (Wildman–Crippen MR) is 83.3 cm³/mol. The van der Waals surface area contributed by atoms with E-state index in [1.54, 1.807) is 11.0 Å². The van der Waals surface area contributed by atoms with Gasteiger partial charge in [-0.25, -0.2) is 0 Å². The fraction of sp³-hybridized carbons (Fsp3) is 0.167. The van der Waals surface area contributed by atoms with Crippen LogP contribution in [0.5, 0.6) is 0 Å². The molecule has 102 valence electrons. The molecular weight excluding hydrogens is 246 g/mol. The van der Waals surface area contributed by atoms with Gasteiger partial charge in [-0.2, -0.15) is 0 Å². The smallest absolute Gasteiger partial charge is 0.246 e. The molecule has 1 amide bonds.